The van der Waals surface area contributed by atoms with Crippen LogP contribution in [-0.2, 0) is 21.2 Å². The van der Waals surface area contributed by atoms with Crippen LogP contribution in [0.25, 0.3) is 0 Å². The minimum atomic E-state index is -3.40. The summed E-state index contributed by atoms with van der Waals surface area (Å²) in [6.45, 7) is 6.93. The summed E-state index contributed by atoms with van der Waals surface area (Å²) in [6.07, 6.45) is 3.79. The highest BCUT2D eigenvalue weighted by atomic mass is 32.2. The molecule has 0 aliphatic carbocycles. The first-order valence-corrected chi connectivity index (χ1v) is 11.9. The van der Waals surface area contributed by atoms with Crippen LogP contribution in [0.3, 0.4) is 0 Å². The van der Waals surface area contributed by atoms with Gasteiger partial charge in [0, 0.05) is 19.5 Å². The predicted octanol–water partition coefficient (Wildman–Crippen LogP) is 3.91. The van der Waals surface area contributed by atoms with Gasteiger partial charge >= 0.3 is 0 Å². The number of nitrogens with one attached hydrogen (secondary N) is 1. The second-order valence-electron chi connectivity index (χ2n) is 7.65. The lowest BCUT2D eigenvalue weighted by Gasteiger charge is -2.23. The van der Waals surface area contributed by atoms with E-state index in [-0.39, 0.29) is 12.5 Å². The minimum Gasteiger partial charge on any atom is -0.356 e. The van der Waals surface area contributed by atoms with Crippen molar-refractivity contribution in [3.05, 3.63) is 64.7 Å². The molecule has 1 amide bonds. The average Bonchev–Trinajstić information content (AvgIpc) is 2.65. The number of anilines is 1. The van der Waals surface area contributed by atoms with Gasteiger partial charge in [-0.2, -0.15) is 0 Å². The Labute approximate surface area is 175 Å². The number of hydrogen-bond acceptors (Lipinski definition) is 3. The lowest BCUT2D eigenvalue weighted by Crippen LogP contribution is -2.32. The van der Waals surface area contributed by atoms with Crippen LogP contribution in [0, 0.1) is 20.8 Å². The highest BCUT2D eigenvalue weighted by Gasteiger charge is 2.18. The molecule has 2 rings (SSSR count). The molecular formula is C23H32N2O3S. The Morgan fingerprint density at radius 2 is 1.66 bits per heavy atom. The van der Waals surface area contributed by atoms with E-state index in [1.165, 1.54) is 21.7 Å². The Bertz CT molecular complexity index is 922. The van der Waals surface area contributed by atoms with E-state index in [4.69, 9.17) is 0 Å². The van der Waals surface area contributed by atoms with Crippen LogP contribution in [0.1, 0.15) is 41.5 Å². The fourth-order valence-electron chi connectivity index (χ4n) is 3.11. The first-order chi connectivity index (χ1) is 13.7. The van der Waals surface area contributed by atoms with Crippen LogP contribution >= 0.6 is 0 Å². The zero-order chi connectivity index (χ0) is 21.4. The monoisotopic (exact) mass is 416 g/mol. The van der Waals surface area contributed by atoms with Crippen LogP contribution < -0.4 is 9.62 Å². The molecule has 2 aromatic carbocycles. The van der Waals surface area contributed by atoms with Crippen LogP contribution in [0.5, 0.6) is 0 Å². The number of nitrogens with zero attached hydrogens (tertiary/aromatic N) is 1. The number of amides is 1. The number of sulfonamides is 1. The van der Waals surface area contributed by atoms with Gasteiger partial charge in [0.15, 0.2) is 0 Å². The molecule has 2 aromatic rings. The predicted molar refractivity (Wildman–Crippen MR) is 120 cm³/mol. The highest BCUT2D eigenvalue weighted by Crippen LogP contribution is 2.21. The van der Waals surface area contributed by atoms with Crippen molar-refractivity contribution >= 4 is 21.6 Å². The molecular weight excluding hydrogens is 384 g/mol. The molecule has 0 aliphatic rings. The Morgan fingerprint density at radius 1 is 0.966 bits per heavy atom. The summed E-state index contributed by atoms with van der Waals surface area (Å²) >= 11 is 0. The number of benzene rings is 2. The summed E-state index contributed by atoms with van der Waals surface area (Å²) < 4.78 is 25.8. The van der Waals surface area contributed by atoms with Gasteiger partial charge in [0.25, 0.3) is 0 Å². The summed E-state index contributed by atoms with van der Waals surface area (Å²) in [4.78, 5) is 12.1. The molecule has 0 saturated heterocycles. The Balaban J connectivity index is 1.77. The fraction of sp³-hybridized carbons (Fsp3) is 0.435. The molecule has 0 aliphatic heterocycles. The van der Waals surface area contributed by atoms with Crippen LogP contribution in [0.4, 0.5) is 5.69 Å². The molecule has 0 spiro atoms. The van der Waals surface area contributed by atoms with Crippen LogP contribution in [0.2, 0.25) is 0 Å². The van der Waals surface area contributed by atoms with E-state index in [0.717, 1.165) is 24.0 Å². The normalized spacial score (nSPS) is 11.3. The van der Waals surface area contributed by atoms with Crippen molar-refractivity contribution in [3.63, 3.8) is 0 Å². The number of aryl methyl sites for hydroxylation is 4. The van der Waals surface area contributed by atoms with Gasteiger partial charge in [-0.25, -0.2) is 8.42 Å². The maximum absolute atomic E-state index is 12.2. The second-order valence-corrected chi connectivity index (χ2v) is 9.55. The lowest BCUT2D eigenvalue weighted by molar-refractivity contribution is -0.121. The molecule has 6 heteroatoms. The molecule has 0 aromatic heterocycles. The van der Waals surface area contributed by atoms with Crippen molar-refractivity contribution in [2.45, 2.75) is 46.5 Å². The number of carbonyl (C=O) groups excluding carboxylic acids is 1. The standard InChI is InChI=1S/C23H32N2O3S/c1-18-9-12-21(13-10-18)7-5-15-24-23(26)8-6-16-25(29(4,27)28)22-14-11-19(2)20(3)17-22/h9-14,17H,5-8,15-16H2,1-4H3,(H,24,26). The molecule has 0 saturated carbocycles. The first-order valence-electron chi connectivity index (χ1n) is 10.0. The third-order valence-electron chi connectivity index (χ3n) is 5.03. The smallest absolute Gasteiger partial charge is 0.232 e. The van der Waals surface area contributed by atoms with Gasteiger partial charge < -0.3 is 5.32 Å². The summed E-state index contributed by atoms with van der Waals surface area (Å²) in [5.41, 5.74) is 5.32. The lowest BCUT2D eigenvalue weighted by atomic mass is 10.1. The Kier molecular flexibility index (Phi) is 8.26. The maximum Gasteiger partial charge on any atom is 0.232 e. The molecule has 29 heavy (non-hydrogen) atoms. The van der Waals surface area contributed by atoms with Crippen molar-refractivity contribution in [1.29, 1.82) is 0 Å². The second kappa shape index (κ2) is 10.4. The highest BCUT2D eigenvalue weighted by molar-refractivity contribution is 7.92. The quantitative estimate of drug-likeness (QED) is 0.597. The zero-order valence-electron chi connectivity index (χ0n) is 17.9. The van der Waals surface area contributed by atoms with Crippen LogP contribution in [0.15, 0.2) is 42.5 Å². The molecule has 0 fully saturated rings. The van der Waals surface area contributed by atoms with Crippen LogP contribution in [-0.4, -0.2) is 33.7 Å². The van der Waals surface area contributed by atoms with E-state index in [1.54, 1.807) is 0 Å². The van der Waals surface area contributed by atoms with E-state index in [1.807, 2.05) is 32.0 Å². The average molecular weight is 417 g/mol. The Hall–Kier alpha value is -2.34. The minimum absolute atomic E-state index is 0.0394. The topological polar surface area (TPSA) is 66.5 Å². The van der Waals surface area contributed by atoms with Gasteiger partial charge in [-0.3, -0.25) is 9.10 Å². The summed E-state index contributed by atoms with van der Waals surface area (Å²) in [5.74, 6) is -0.0394. The summed E-state index contributed by atoms with van der Waals surface area (Å²) in [5, 5.41) is 2.93. The van der Waals surface area contributed by atoms with Gasteiger partial charge in [0.05, 0.1) is 11.9 Å². The van der Waals surface area contributed by atoms with E-state index in [9.17, 15) is 13.2 Å². The largest absolute Gasteiger partial charge is 0.356 e. The first kappa shape index (κ1) is 22.9. The van der Waals surface area contributed by atoms with Gasteiger partial charge in [-0.1, -0.05) is 35.9 Å². The van der Waals surface area contributed by atoms with Crippen molar-refractivity contribution in [3.8, 4) is 0 Å². The molecule has 0 bridgehead atoms. The fourth-order valence-corrected chi connectivity index (χ4v) is 4.07. The zero-order valence-corrected chi connectivity index (χ0v) is 18.7. The SMILES string of the molecule is Cc1ccc(CCCNC(=O)CCCN(c2ccc(C)c(C)c2)S(C)(=O)=O)cc1. The Morgan fingerprint density at radius 3 is 2.28 bits per heavy atom. The van der Waals surface area contributed by atoms with Gasteiger partial charge in [0.1, 0.15) is 0 Å². The molecule has 0 atom stereocenters. The molecule has 0 radical (unpaired) electrons. The van der Waals surface area contributed by atoms with Gasteiger partial charge in [0.2, 0.25) is 15.9 Å². The molecule has 0 heterocycles. The van der Waals surface area contributed by atoms with Crippen molar-refractivity contribution in [2.75, 3.05) is 23.7 Å². The molecule has 1 N–H and O–H groups in total. The number of hydrogen-bond donors (Lipinski definition) is 1. The van der Waals surface area contributed by atoms with Gasteiger partial charge in [-0.15, -0.1) is 0 Å². The van der Waals surface area contributed by atoms with E-state index in [0.29, 0.717) is 25.1 Å². The van der Waals surface area contributed by atoms with Crippen molar-refractivity contribution in [1.82, 2.24) is 5.32 Å². The summed E-state index contributed by atoms with van der Waals surface area (Å²) in [7, 11) is -3.40. The van der Waals surface area contributed by atoms with E-state index < -0.39 is 10.0 Å². The summed E-state index contributed by atoms with van der Waals surface area (Å²) in [6, 6.07) is 14.0. The van der Waals surface area contributed by atoms with Crippen molar-refractivity contribution < 1.29 is 13.2 Å². The number of carbonyl (C=O) groups is 1. The van der Waals surface area contributed by atoms with Gasteiger partial charge in [-0.05, 0) is 68.9 Å². The van der Waals surface area contributed by atoms with E-state index in [2.05, 4.69) is 36.5 Å². The van der Waals surface area contributed by atoms with E-state index >= 15 is 0 Å². The van der Waals surface area contributed by atoms with Crippen molar-refractivity contribution in [2.24, 2.45) is 0 Å². The molecule has 0 unspecified atom stereocenters. The third kappa shape index (κ3) is 7.54. The third-order valence-corrected chi connectivity index (χ3v) is 6.22. The molecule has 158 valence electrons. The number of rotatable bonds is 10. The maximum atomic E-state index is 12.2. The molecule has 5 nitrogen and oxygen atoms in total.